The van der Waals surface area contributed by atoms with Crippen molar-refractivity contribution in [3.05, 3.63) is 70.4 Å². The van der Waals surface area contributed by atoms with E-state index in [0.717, 1.165) is 11.4 Å². The zero-order valence-corrected chi connectivity index (χ0v) is 15.2. The molecular weight excluding hydrogens is 372 g/mol. The summed E-state index contributed by atoms with van der Waals surface area (Å²) in [6, 6.07) is 12.1. The highest BCUT2D eigenvalue weighted by Crippen LogP contribution is 2.26. The topological polar surface area (TPSA) is 73.0 Å². The SMILES string of the molecule is Cc1cc(NC(=O)c2ccc(Cl)cc2)n(-c2nc(-c3ccco3)cs2)n1. The average Bonchev–Trinajstić information content (AvgIpc) is 3.35. The molecule has 1 N–H and O–H groups in total. The highest BCUT2D eigenvalue weighted by Gasteiger charge is 2.16. The summed E-state index contributed by atoms with van der Waals surface area (Å²) >= 11 is 7.28. The normalized spacial score (nSPS) is 10.8. The van der Waals surface area contributed by atoms with Gasteiger partial charge in [0.05, 0.1) is 12.0 Å². The van der Waals surface area contributed by atoms with E-state index >= 15 is 0 Å². The first-order valence-electron chi connectivity index (χ1n) is 7.73. The van der Waals surface area contributed by atoms with Crippen molar-refractivity contribution < 1.29 is 9.21 Å². The number of aryl methyl sites for hydroxylation is 1. The van der Waals surface area contributed by atoms with E-state index in [4.69, 9.17) is 16.0 Å². The number of nitrogens with zero attached hydrogens (tertiary/aromatic N) is 3. The van der Waals surface area contributed by atoms with E-state index in [1.165, 1.54) is 11.3 Å². The molecule has 6 nitrogen and oxygen atoms in total. The number of rotatable bonds is 4. The van der Waals surface area contributed by atoms with Gasteiger partial charge in [0.2, 0.25) is 5.13 Å². The number of furan rings is 1. The second kappa shape index (κ2) is 6.78. The number of hydrogen-bond acceptors (Lipinski definition) is 5. The van der Waals surface area contributed by atoms with Crippen molar-refractivity contribution in [2.45, 2.75) is 6.92 Å². The van der Waals surface area contributed by atoms with Crippen LogP contribution in [0.15, 0.2) is 58.5 Å². The molecule has 4 rings (SSSR count). The van der Waals surface area contributed by atoms with Crippen LogP contribution in [0.25, 0.3) is 16.6 Å². The Balaban J connectivity index is 1.63. The lowest BCUT2D eigenvalue weighted by Gasteiger charge is -2.06. The van der Waals surface area contributed by atoms with Gasteiger partial charge in [0.1, 0.15) is 11.5 Å². The maximum absolute atomic E-state index is 12.5. The van der Waals surface area contributed by atoms with Gasteiger partial charge in [-0.2, -0.15) is 9.78 Å². The largest absolute Gasteiger partial charge is 0.463 e. The van der Waals surface area contributed by atoms with Crippen LogP contribution in [0.2, 0.25) is 5.02 Å². The smallest absolute Gasteiger partial charge is 0.256 e. The molecule has 0 radical (unpaired) electrons. The molecule has 3 heterocycles. The molecule has 130 valence electrons. The van der Waals surface area contributed by atoms with Crippen molar-refractivity contribution in [2.24, 2.45) is 0 Å². The van der Waals surface area contributed by atoms with Gasteiger partial charge < -0.3 is 9.73 Å². The number of nitrogens with one attached hydrogen (secondary N) is 1. The molecule has 3 aromatic heterocycles. The summed E-state index contributed by atoms with van der Waals surface area (Å²) in [6.07, 6.45) is 1.60. The lowest BCUT2D eigenvalue weighted by atomic mass is 10.2. The summed E-state index contributed by atoms with van der Waals surface area (Å²) in [5, 5.41) is 10.4. The maximum atomic E-state index is 12.5. The zero-order valence-electron chi connectivity index (χ0n) is 13.6. The third-order valence-corrected chi connectivity index (χ3v) is 4.69. The second-order valence-corrected chi connectivity index (χ2v) is 6.81. The summed E-state index contributed by atoms with van der Waals surface area (Å²) in [5.41, 5.74) is 2.00. The van der Waals surface area contributed by atoms with Gasteiger partial charge in [-0.1, -0.05) is 11.6 Å². The molecule has 1 aromatic carbocycles. The van der Waals surface area contributed by atoms with Crippen molar-refractivity contribution in [3.8, 4) is 16.6 Å². The minimum Gasteiger partial charge on any atom is -0.463 e. The van der Waals surface area contributed by atoms with E-state index in [2.05, 4.69) is 15.4 Å². The number of amides is 1. The maximum Gasteiger partial charge on any atom is 0.256 e. The number of thiazole rings is 1. The first-order chi connectivity index (χ1) is 12.6. The molecule has 26 heavy (non-hydrogen) atoms. The third kappa shape index (κ3) is 3.26. The minimum absolute atomic E-state index is 0.245. The monoisotopic (exact) mass is 384 g/mol. The first-order valence-corrected chi connectivity index (χ1v) is 8.99. The van der Waals surface area contributed by atoms with Crippen LogP contribution in [-0.2, 0) is 0 Å². The highest BCUT2D eigenvalue weighted by molar-refractivity contribution is 7.12. The average molecular weight is 385 g/mol. The number of carbonyl (C=O) groups is 1. The molecule has 1 amide bonds. The minimum atomic E-state index is -0.245. The summed E-state index contributed by atoms with van der Waals surface area (Å²) in [5.74, 6) is 0.983. The molecule has 0 bridgehead atoms. The molecule has 0 saturated carbocycles. The molecule has 0 spiro atoms. The number of anilines is 1. The Hall–Kier alpha value is -2.90. The van der Waals surface area contributed by atoms with Crippen LogP contribution in [0, 0.1) is 6.92 Å². The van der Waals surface area contributed by atoms with Crippen molar-refractivity contribution in [1.82, 2.24) is 14.8 Å². The number of hydrogen-bond donors (Lipinski definition) is 1. The van der Waals surface area contributed by atoms with Gasteiger partial charge in [-0.05, 0) is 43.3 Å². The lowest BCUT2D eigenvalue weighted by Crippen LogP contribution is -2.15. The molecule has 0 saturated heterocycles. The highest BCUT2D eigenvalue weighted by atomic mass is 35.5. The van der Waals surface area contributed by atoms with Gasteiger partial charge in [-0.15, -0.1) is 11.3 Å². The Morgan fingerprint density at radius 1 is 1.27 bits per heavy atom. The quantitative estimate of drug-likeness (QED) is 0.548. The summed E-state index contributed by atoms with van der Waals surface area (Å²) < 4.78 is 6.98. The Kier molecular flexibility index (Phi) is 4.32. The van der Waals surface area contributed by atoms with Gasteiger partial charge in [0.25, 0.3) is 5.91 Å². The molecule has 0 atom stereocenters. The molecule has 0 aliphatic rings. The number of carbonyl (C=O) groups excluding carboxylic acids is 1. The Labute approximate surface area is 158 Å². The van der Waals surface area contributed by atoms with Gasteiger partial charge in [0.15, 0.2) is 5.76 Å². The van der Waals surface area contributed by atoms with E-state index in [1.807, 2.05) is 24.4 Å². The number of aromatic nitrogens is 3. The van der Waals surface area contributed by atoms with E-state index in [-0.39, 0.29) is 5.91 Å². The molecule has 0 unspecified atom stereocenters. The van der Waals surface area contributed by atoms with Gasteiger partial charge in [0, 0.05) is 22.0 Å². The summed E-state index contributed by atoms with van der Waals surface area (Å²) in [4.78, 5) is 17.0. The van der Waals surface area contributed by atoms with Crippen LogP contribution in [0.5, 0.6) is 0 Å². The van der Waals surface area contributed by atoms with Crippen molar-refractivity contribution in [2.75, 3.05) is 5.32 Å². The van der Waals surface area contributed by atoms with Crippen LogP contribution in [0.3, 0.4) is 0 Å². The van der Waals surface area contributed by atoms with Gasteiger partial charge >= 0.3 is 0 Å². The molecule has 0 aliphatic carbocycles. The third-order valence-electron chi connectivity index (χ3n) is 3.63. The Morgan fingerprint density at radius 3 is 2.81 bits per heavy atom. The van der Waals surface area contributed by atoms with Crippen LogP contribution >= 0.6 is 22.9 Å². The molecule has 4 aromatic rings. The Bertz CT molecular complexity index is 1050. The first kappa shape index (κ1) is 16.6. The van der Waals surface area contributed by atoms with Gasteiger partial charge in [-0.3, -0.25) is 4.79 Å². The predicted octanol–water partition coefficient (Wildman–Crippen LogP) is 4.80. The van der Waals surface area contributed by atoms with E-state index in [0.29, 0.717) is 27.3 Å². The fraction of sp³-hybridized carbons (Fsp3) is 0.0556. The second-order valence-electron chi connectivity index (χ2n) is 5.54. The summed E-state index contributed by atoms with van der Waals surface area (Å²) in [6.45, 7) is 1.86. The van der Waals surface area contributed by atoms with E-state index in [1.54, 1.807) is 41.3 Å². The van der Waals surface area contributed by atoms with Crippen LogP contribution in [0.1, 0.15) is 16.1 Å². The lowest BCUT2D eigenvalue weighted by molar-refractivity contribution is 0.102. The molecule has 0 aliphatic heterocycles. The van der Waals surface area contributed by atoms with Crippen molar-refractivity contribution >= 4 is 34.7 Å². The molecular formula is C18H13ClN4O2S. The van der Waals surface area contributed by atoms with Crippen molar-refractivity contribution in [3.63, 3.8) is 0 Å². The zero-order chi connectivity index (χ0) is 18.1. The van der Waals surface area contributed by atoms with Crippen molar-refractivity contribution in [1.29, 1.82) is 0 Å². The molecule has 0 fully saturated rings. The predicted molar refractivity (Wildman–Crippen MR) is 101 cm³/mol. The van der Waals surface area contributed by atoms with Crippen LogP contribution < -0.4 is 5.32 Å². The van der Waals surface area contributed by atoms with E-state index < -0.39 is 0 Å². The standard InChI is InChI=1S/C18H13ClN4O2S/c1-11-9-16(21-17(24)12-4-6-13(19)7-5-12)23(22-11)18-20-14(10-26-18)15-3-2-8-25-15/h2-10H,1H3,(H,21,24). The number of benzene rings is 1. The summed E-state index contributed by atoms with van der Waals surface area (Å²) in [7, 11) is 0. The van der Waals surface area contributed by atoms with Crippen LogP contribution in [-0.4, -0.2) is 20.7 Å². The number of halogens is 1. The fourth-order valence-corrected chi connectivity index (χ4v) is 3.33. The van der Waals surface area contributed by atoms with Gasteiger partial charge in [-0.25, -0.2) is 4.98 Å². The van der Waals surface area contributed by atoms with E-state index in [9.17, 15) is 4.79 Å². The fourth-order valence-electron chi connectivity index (χ4n) is 2.42. The van der Waals surface area contributed by atoms with Crippen LogP contribution in [0.4, 0.5) is 5.82 Å². The molecule has 8 heteroatoms. The Morgan fingerprint density at radius 2 is 2.08 bits per heavy atom.